The van der Waals surface area contributed by atoms with Gasteiger partial charge in [-0.15, -0.1) is 0 Å². The molecule has 0 bridgehead atoms. The average molecular weight is 218 g/mol. The Balaban J connectivity index is 1.84. The number of hydrogen-bond donors (Lipinski definition) is 3. The third-order valence-corrected chi connectivity index (χ3v) is 2.59. The number of benzene rings is 1. The Morgan fingerprint density at radius 1 is 1.31 bits per heavy atom. The number of aromatic nitrogens is 2. The van der Waals surface area contributed by atoms with Crippen LogP contribution in [0.2, 0.25) is 0 Å². The Morgan fingerprint density at radius 3 is 3.12 bits per heavy atom. The van der Waals surface area contributed by atoms with Crippen molar-refractivity contribution in [2.75, 3.05) is 20.1 Å². The first kappa shape index (κ1) is 11.1. The van der Waals surface area contributed by atoms with E-state index in [-0.39, 0.29) is 0 Å². The summed E-state index contributed by atoms with van der Waals surface area (Å²) in [5, 5.41) is 6.55. The van der Waals surface area contributed by atoms with Gasteiger partial charge in [-0.25, -0.2) is 4.98 Å². The van der Waals surface area contributed by atoms with E-state index in [9.17, 15) is 0 Å². The Bertz CT molecular complexity index is 435. The van der Waals surface area contributed by atoms with Gasteiger partial charge in [0, 0.05) is 6.54 Å². The summed E-state index contributed by atoms with van der Waals surface area (Å²) >= 11 is 0. The topological polar surface area (TPSA) is 52.7 Å². The van der Waals surface area contributed by atoms with Gasteiger partial charge in [-0.3, -0.25) is 0 Å². The Morgan fingerprint density at radius 2 is 2.25 bits per heavy atom. The van der Waals surface area contributed by atoms with E-state index in [4.69, 9.17) is 0 Å². The van der Waals surface area contributed by atoms with Gasteiger partial charge < -0.3 is 15.6 Å². The van der Waals surface area contributed by atoms with Crippen LogP contribution >= 0.6 is 0 Å². The second-order valence-electron chi connectivity index (χ2n) is 3.89. The van der Waals surface area contributed by atoms with E-state index >= 15 is 0 Å². The van der Waals surface area contributed by atoms with E-state index in [1.807, 2.05) is 7.05 Å². The maximum Gasteiger partial charge on any atom is 0.0931 e. The first-order chi connectivity index (χ1) is 7.90. The zero-order valence-electron chi connectivity index (χ0n) is 9.59. The van der Waals surface area contributed by atoms with Gasteiger partial charge >= 0.3 is 0 Å². The Labute approximate surface area is 95.5 Å². The highest BCUT2D eigenvalue weighted by molar-refractivity contribution is 5.74. The quantitative estimate of drug-likeness (QED) is 0.640. The summed E-state index contributed by atoms with van der Waals surface area (Å²) in [6.07, 6.45) is 2.89. The first-order valence-electron chi connectivity index (χ1n) is 5.67. The minimum Gasteiger partial charge on any atom is -0.345 e. The van der Waals surface area contributed by atoms with E-state index in [2.05, 4.69) is 38.8 Å². The SMILES string of the molecule is CNCCCNCc1ccc2nc[nH]c2c1. The molecular weight excluding hydrogens is 200 g/mol. The standard InChI is InChI=1S/C12H18N4/c1-13-5-2-6-14-8-10-3-4-11-12(7-10)16-9-15-11/h3-4,7,9,13-14H,2,5-6,8H2,1H3,(H,15,16). The van der Waals surface area contributed by atoms with E-state index in [0.29, 0.717) is 0 Å². The fourth-order valence-electron chi connectivity index (χ4n) is 1.72. The van der Waals surface area contributed by atoms with Gasteiger partial charge in [0.25, 0.3) is 0 Å². The van der Waals surface area contributed by atoms with Crippen molar-refractivity contribution in [2.45, 2.75) is 13.0 Å². The molecule has 0 atom stereocenters. The fourth-order valence-corrected chi connectivity index (χ4v) is 1.72. The lowest BCUT2D eigenvalue weighted by Gasteiger charge is -2.04. The van der Waals surface area contributed by atoms with Crippen molar-refractivity contribution < 1.29 is 0 Å². The van der Waals surface area contributed by atoms with Gasteiger partial charge in [-0.1, -0.05) is 6.07 Å². The van der Waals surface area contributed by atoms with Crippen LogP contribution in [-0.4, -0.2) is 30.1 Å². The number of fused-ring (bicyclic) bond motifs is 1. The lowest BCUT2D eigenvalue weighted by Crippen LogP contribution is -2.19. The fraction of sp³-hybridized carbons (Fsp3) is 0.417. The van der Waals surface area contributed by atoms with E-state index in [1.54, 1.807) is 6.33 Å². The van der Waals surface area contributed by atoms with Gasteiger partial charge in [0.15, 0.2) is 0 Å². The molecule has 2 rings (SSSR count). The van der Waals surface area contributed by atoms with Crippen molar-refractivity contribution in [1.82, 2.24) is 20.6 Å². The molecule has 3 N–H and O–H groups in total. The Hall–Kier alpha value is -1.39. The molecule has 1 aromatic carbocycles. The summed E-state index contributed by atoms with van der Waals surface area (Å²) in [6, 6.07) is 6.32. The maximum absolute atomic E-state index is 4.20. The number of nitrogens with zero attached hydrogens (tertiary/aromatic N) is 1. The lowest BCUT2D eigenvalue weighted by atomic mass is 10.2. The summed E-state index contributed by atoms with van der Waals surface area (Å²) in [5.74, 6) is 0. The minimum absolute atomic E-state index is 0.915. The van der Waals surface area contributed by atoms with Crippen LogP contribution in [0.15, 0.2) is 24.5 Å². The van der Waals surface area contributed by atoms with Crippen LogP contribution in [0.1, 0.15) is 12.0 Å². The summed E-state index contributed by atoms with van der Waals surface area (Å²) in [6.45, 7) is 3.02. The van der Waals surface area contributed by atoms with Crippen LogP contribution in [0.5, 0.6) is 0 Å². The number of aromatic amines is 1. The van der Waals surface area contributed by atoms with Crippen LogP contribution in [0, 0.1) is 0 Å². The third-order valence-electron chi connectivity index (χ3n) is 2.59. The highest BCUT2D eigenvalue weighted by atomic mass is 14.9. The smallest absolute Gasteiger partial charge is 0.0931 e. The van der Waals surface area contributed by atoms with Crippen LogP contribution in [0.4, 0.5) is 0 Å². The zero-order valence-corrected chi connectivity index (χ0v) is 9.59. The molecule has 0 fully saturated rings. The molecule has 4 nitrogen and oxygen atoms in total. The van der Waals surface area contributed by atoms with Gasteiger partial charge in [-0.2, -0.15) is 0 Å². The molecular formula is C12H18N4. The number of imidazole rings is 1. The third kappa shape index (κ3) is 2.81. The molecule has 1 heterocycles. The molecule has 0 spiro atoms. The van der Waals surface area contributed by atoms with Crippen LogP contribution in [0.25, 0.3) is 11.0 Å². The molecule has 4 heteroatoms. The zero-order chi connectivity index (χ0) is 11.2. The first-order valence-corrected chi connectivity index (χ1v) is 5.67. The molecule has 0 unspecified atom stereocenters. The largest absolute Gasteiger partial charge is 0.345 e. The van der Waals surface area contributed by atoms with Crippen molar-refractivity contribution in [3.63, 3.8) is 0 Å². The van der Waals surface area contributed by atoms with Crippen LogP contribution in [-0.2, 0) is 6.54 Å². The predicted octanol–water partition coefficient (Wildman–Crippen LogP) is 1.26. The van der Waals surface area contributed by atoms with Gasteiger partial charge in [-0.05, 0) is 44.3 Å². The number of hydrogen-bond acceptors (Lipinski definition) is 3. The van der Waals surface area contributed by atoms with Crippen LogP contribution < -0.4 is 10.6 Å². The van der Waals surface area contributed by atoms with E-state index < -0.39 is 0 Å². The molecule has 0 aliphatic carbocycles. The second-order valence-corrected chi connectivity index (χ2v) is 3.89. The van der Waals surface area contributed by atoms with Crippen molar-refractivity contribution in [3.8, 4) is 0 Å². The predicted molar refractivity (Wildman–Crippen MR) is 66.3 cm³/mol. The molecule has 0 radical (unpaired) electrons. The highest BCUT2D eigenvalue weighted by Crippen LogP contribution is 2.11. The molecule has 1 aromatic heterocycles. The normalized spacial score (nSPS) is 11.1. The summed E-state index contributed by atoms with van der Waals surface area (Å²) < 4.78 is 0. The van der Waals surface area contributed by atoms with E-state index in [1.165, 1.54) is 5.56 Å². The maximum atomic E-state index is 4.20. The number of H-pyrrole nitrogens is 1. The molecule has 2 aromatic rings. The number of rotatable bonds is 6. The van der Waals surface area contributed by atoms with Gasteiger partial charge in [0.05, 0.1) is 17.4 Å². The molecule has 86 valence electrons. The van der Waals surface area contributed by atoms with Crippen LogP contribution in [0.3, 0.4) is 0 Å². The van der Waals surface area contributed by atoms with Crippen molar-refractivity contribution in [2.24, 2.45) is 0 Å². The lowest BCUT2D eigenvalue weighted by molar-refractivity contribution is 0.625. The average Bonchev–Trinajstić information content (AvgIpc) is 2.76. The molecule has 0 aliphatic heterocycles. The minimum atomic E-state index is 0.915. The summed E-state index contributed by atoms with van der Waals surface area (Å²) in [7, 11) is 1.98. The Kier molecular flexibility index (Phi) is 3.91. The van der Waals surface area contributed by atoms with Crippen molar-refractivity contribution in [1.29, 1.82) is 0 Å². The molecule has 0 aliphatic rings. The molecule has 0 amide bonds. The molecule has 0 saturated heterocycles. The van der Waals surface area contributed by atoms with Gasteiger partial charge in [0.1, 0.15) is 0 Å². The van der Waals surface area contributed by atoms with Gasteiger partial charge in [0.2, 0.25) is 0 Å². The van der Waals surface area contributed by atoms with Crippen molar-refractivity contribution >= 4 is 11.0 Å². The summed E-state index contributed by atoms with van der Waals surface area (Å²) in [4.78, 5) is 7.32. The number of nitrogens with one attached hydrogen (secondary N) is 3. The van der Waals surface area contributed by atoms with Crippen molar-refractivity contribution in [3.05, 3.63) is 30.1 Å². The summed E-state index contributed by atoms with van der Waals surface area (Å²) in [5.41, 5.74) is 3.43. The molecule has 0 saturated carbocycles. The molecule has 16 heavy (non-hydrogen) atoms. The second kappa shape index (κ2) is 5.63. The highest BCUT2D eigenvalue weighted by Gasteiger charge is 1.97. The van der Waals surface area contributed by atoms with E-state index in [0.717, 1.165) is 37.1 Å². The monoisotopic (exact) mass is 218 g/mol.